The Hall–Kier alpha value is -0.620. The number of nitrogens with one attached hydrogen (secondary N) is 1. The monoisotopic (exact) mass is 303 g/mol. The lowest BCUT2D eigenvalue weighted by molar-refractivity contribution is 0.0678. The minimum Gasteiger partial charge on any atom is -0.381 e. The molecule has 1 fully saturated rings. The molecule has 1 heterocycles. The van der Waals surface area contributed by atoms with Gasteiger partial charge in [-0.2, -0.15) is 0 Å². The number of ether oxygens (including phenoxy) is 1. The SMILES string of the molecule is O=S(=O)(Cc1ccc(Cl)cc1)NCC1CCOCC1. The molecule has 1 saturated heterocycles. The second kappa shape index (κ2) is 6.70. The van der Waals surface area contributed by atoms with Gasteiger partial charge in [0, 0.05) is 24.8 Å². The molecule has 4 nitrogen and oxygen atoms in total. The third kappa shape index (κ3) is 5.10. The van der Waals surface area contributed by atoms with Gasteiger partial charge in [0.25, 0.3) is 0 Å². The van der Waals surface area contributed by atoms with Gasteiger partial charge < -0.3 is 4.74 Å². The van der Waals surface area contributed by atoms with E-state index in [4.69, 9.17) is 16.3 Å². The summed E-state index contributed by atoms with van der Waals surface area (Å²) < 4.78 is 31.8. The lowest BCUT2D eigenvalue weighted by atomic mass is 10.0. The Bertz CT molecular complexity index is 495. The van der Waals surface area contributed by atoms with Crippen molar-refractivity contribution >= 4 is 21.6 Å². The van der Waals surface area contributed by atoms with E-state index < -0.39 is 10.0 Å². The Kier molecular flexibility index (Phi) is 5.21. The van der Waals surface area contributed by atoms with Gasteiger partial charge in [0.2, 0.25) is 10.0 Å². The Morgan fingerprint density at radius 2 is 1.84 bits per heavy atom. The van der Waals surface area contributed by atoms with Crippen LogP contribution in [0.3, 0.4) is 0 Å². The van der Waals surface area contributed by atoms with Crippen molar-refractivity contribution in [3.63, 3.8) is 0 Å². The maximum atomic E-state index is 12.0. The second-order valence-electron chi connectivity index (χ2n) is 4.79. The molecule has 0 unspecified atom stereocenters. The highest BCUT2D eigenvalue weighted by Crippen LogP contribution is 2.15. The minimum atomic E-state index is -3.28. The number of halogens is 1. The van der Waals surface area contributed by atoms with Gasteiger partial charge in [-0.1, -0.05) is 23.7 Å². The van der Waals surface area contributed by atoms with Gasteiger partial charge in [-0.15, -0.1) is 0 Å². The van der Waals surface area contributed by atoms with E-state index in [0.717, 1.165) is 31.6 Å². The second-order valence-corrected chi connectivity index (χ2v) is 7.03. The van der Waals surface area contributed by atoms with E-state index in [1.54, 1.807) is 24.3 Å². The van der Waals surface area contributed by atoms with Crippen LogP contribution in [0.2, 0.25) is 5.02 Å². The van der Waals surface area contributed by atoms with Crippen molar-refractivity contribution in [1.29, 1.82) is 0 Å². The van der Waals surface area contributed by atoms with E-state index in [0.29, 0.717) is 17.5 Å². The maximum Gasteiger partial charge on any atom is 0.215 e. The molecule has 1 aliphatic rings. The lowest BCUT2D eigenvalue weighted by Gasteiger charge is -2.22. The number of hydrogen-bond acceptors (Lipinski definition) is 3. The van der Waals surface area contributed by atoms with Gasteiger partial charge in [0.05, 0.1) is 5.75 Å². The van der Waals surface area contributed by atoms with Crippen LogP contribution in [0.1, 0.15) is 18.4 Å². The molecule has 1 aliphatic heterocycles. The van der Waals surface area contributed by atoms with Crippen LogP contribution in [0.25, 0.3) is 0 Å². The van der Waals surface area contributed by atoms with Gasteiger partial charge in [-0.3, -0.25) is 0 Å². The van der Waals surface area contributed by atoms with Gasteiger partial charge in [-0.25, -0.2) is 13.1 Å². The fourth-order valence-corrected chi connectivity index (χ4v) is 3.40. The number of benzene rings is 1. The highest BCUT2D eigenvalue weighted by atomic mass is 35.5. The summed E-state index contributed by atoms with van der Waals surface area (Å²) in [6, 6.07) is 6.86. The van der Waals surface area contributed by atoms with Crippen LogP contribution in [-0.4, -0.2) is 28.2 Å². The molecule has 0 bridgehead atoms. The quantitative estimate of drug-likeness (QED) is 0.907. The summed E-state index contributed by atoms with van der Waals surface area (Å²) >= 11 is 5.77. The molecule has 0 atom stereocenters. The average Bonchev–Trinajstić information content (AvgIpc) is 2.40. The highest BCUT2D eigenvalue weighted by Gasteiger charge is 2.17. The van der Waals surface area contributed by atoms with Crippen LogP contribution in [0.4, 0.5) is 0 Å². The molecule has 1 aromatic carbocycles. The van der Waals surface area contributed by atoms with Crippen molar-refractivity contribution < 1.29 is 13.2 Å². The molecular formula is C13H18ClNO3S. The molecule has 0 saturated carbocycles. The summed E-state index contributed by atoms with van der Waals surface area (Å²) in [5.74, 6) is 0.377. The van der Waals surface area contributed by atoms with Crippen LogP contribution < -0.4 is 4.72 Å². The predicted molar refractivity (Wildman–Crippen MR) is 75.6 cm³/mol. The lowest BCUT2D eigenvalue weighted by Crippen LogP contribution is -2.32. The standard InChI is InChI=1S/C13H18ClNO3S/c14-13-3-1-12(2-4-13)10-19(16,17)15-9-11-5-7-18-8-6-11/h1-4,11,15H,5-10H2. The van der Waals surface area contributed by atoms with Gasteiger partial charge >= 0.3 is 0 Å². The summed E-state index contributed by atoms with van der Waals surface area (Å²) in [4.78, 5) is 0. The van der Waals surface area contributed by atoms with E-state index in [1.165, 1.54) is 0 Å². The van der Waals surface area contributed by atoms with Crippen molar-refractivity contribution in [2.75, 3.05) is 19.8 Å². The topological polar surface area (TPSA) is 55.4 Å². The van der Waals surface area contributed by atoms with Crippen LogP contribution in [0.15, 0.2) is 24.3 Å². The van der Waals surface area contributed by atoms with Crippen LogP contribution in [0, 0.1) is 5.92 Å². The van der Waals surface area contributed by atoms with E-state index >= 15 is 0 Å². The van der Waals surface area contributed by atoms with Crippen molar-refractivity contribution in [3.8, 4) is 0 Å². The molecule has 0 spiro atoms. The normalized spacial score (nSPS) is 17.5. The molecule has 1 aromatic rings. The molecule has 0 aliphatic carbocycles. The molecule has 2 rings (SSSR count). The van der Waals surface area contributed by atoms with Crippen molar-refractivity contribution in [1.82, 2.24) is 4.72 Å². The first-order valence-corrected chi connectivity index (χ1v) is 8.38. The summed E-state index contributed by atoms with van der Waals surface area (Å²) in [5, 5.41) is 0.608. The molecule has 0 aromatic heterocycles. The molecule has 1 N–H and O–H groups in total. The Labute approximate surface area is 119 Å². The van der Waals surface area contributed by atoms with E-state index in [-0.39, 0.29) is 5.75 Å². The van der Waals surface area contributed by atoms with Crippen LogP contribution in [-0.2, 0) is 20.5 Å². The zero-order valence-corrected chi connectivity index (χ0v) is 12.2. The Morgan fingerprint density at radius 3 is 2.47 bits per heavy atom. The molecule has 0 radical (unpaired) electrons. The number of sulfonamides is 1. The van der Waals surface area contributed by atoms with Gasteiger partial charge in [0.15, 0.2) is 0 Å². The van der Waals surface area contributed by atoms with Gasteiger partial charge in [0.1, 0.15) is 0 Å². The summed E-state index contributed by atoms with van der Waals surface area (Å²) in [5.41, 5.74) is 0.740. The maximum absolute atomic E-state index is 12.0. The summed E-state index contributed by atoms with van der Waals surface area (Å²) in [6.45, 7) is 1.95. The first-order valence-electron chi connectivity index (χ1n) is 6.35. The fraction of sp³-hybridized carbons (Fsp3) is 0.538. The summed E-state index contributed by atoms with van der Waals surface area (Å²) in [7, 11) is -3.28. The van der Waals surface area contributed by atoms with Crippen LogP contribution in [0.5, 0.6) is 0 Å². The van der Waals surface area contributed by atoms with Crippen molar-refractivity contribution in [3.05, 3.63) is 34.9 Å². The van der Waals surface area contributed by atoms with E-state index in [1.807, 2.05) is 0 Å². The zero-order valence-electron chi connectivity index (χ0n) is 10.6. The highest BCUT2D eigenvalue weighted by molar-refractivity contribution is 7.88. The fourth-order valence-electron chi connectivity index (χ4n) is 2.05. The van der Waals surface area contributed by atoms with E-state index in [9.17, 15) is 8.42 Å². The third-order valence-electron chi connectivity index (χ3n) is 3.20. The van der Waals surface area contributed by atoms with Crippen molar-refractivity contribution in [2.45, 2.75) is 18.6 Å². The van der Waals surface area contributed by atoms with Crippen molar-refractivity contribution in [2.24, 2.45) is 5.92 Å². The average molecular weight is 304 g/mol. The molecule has 106 valence electrons. The van der Waals surface area contributed by atoms with E-state index in [2.05, 4.69) is 4.72 Å². The minimum absolute atomic E-state index is 0.00656. The largest absolute Gasteiger partial charge is 0.381 e. The predicted octanol–water partition coefficient (Wildman–Crippen LogP) is 2.19. The summed E-state index contributed by atoms with van der Waals surface area (Å²) in [6.07, 6.45) is 1.84. The molecule has 0 amide bonds. The van der Waals surface area contributed by atoms with Crippen LogP contribution >= 0.6 is 11.6 Å². The number of hydrogen-bond donors (Lipinski definition) is 1. The van der Waals surface area contributed by atoms with Gasteiger partial charge in [-0.05, 0) is 36.5 Å². The molecule has 19 heavy (non-hydrogen) atoms. The Morgan fingerprint density at radius 1 is 1.21 bits per heavy atom. The molecular weight excluding hydrogens is 286 g/mol. The first-order chi connectivity index (χ1) is 9.05. The zero-order chi connectivity index (χ0) is 13.7. The smallest absolute Gasteiger partial charge is 0.215 e. The third-order valence-corrected chi connectivity index (χ3v) is 4.77. The Balaban J connectivity index is 1.85. The number of rotatable bonds is 5. The molecule has 6 heteroatoms. The first kappa shape index (κ1) is 14.8.